The van der Waals surface area contributed by atoms with Crippen molar-refractivity contribution >= 4 is 21.9 Å². The molecule has 4 heterocycles. The van der Waals surface area contributed by atoms with Gasteiger partial charge in [0, 0.05) is 44.4 Å². The third-order valence-electron chi connectivity index (χ3n) is 8.81. The zero-order chi connectivity index (χ0) is 27.3. The Kier molecular flexibility index (Phi) is 6.52. The standard InChI is InChI=1S/C30H34FN5O3S/c31-25-5-7-26(8-6-25)36-28-15-24-11-14-35(20-30(24,16-23(28)17-33-36)21-39-19-22-3-4-22)40(37,38)27-9-10-29(32-18-27)34-12-1-2-13-34/h5-10,15,17-18,22H,1-4,11-14,16,19-21H2. The lowest BCUT2D eigenvalue weighted by molar-refractivity contribution is 0.0358. The van der Waals surface area contributed by atoms with Gasteiger partial charge in [0.2, 0.25) is 10.0 Å². The first kappa shape index (κ1) is 25.9. The molecule has 2 aliphatic heterocycles. The number of pyridine rings is 1. The third-order valence-corrected chi connectivity index (χ3v) is 10.6. The monoisotopic (exact) mass is 563 g/mol. The molecule has 1 unspecified atom stereocenters. The number of piperidine rings is 1. The molecule has 8 nitrogen and oxygen atoms in total. The van der Waals surface area contributed by atoms with Crippen molar-refractivity contribution in [1.82, 2.24) is 19.1 Å². The molecule has 0 radical (unpaired) electrons. The van der Waals surface area contributed by atoms with Gasteiger partial charge in [0.05, 0.1) is 24.2 Å². The number of nitrogens with zero attached hydrogens (tertiary/aromatic N) is 5. The number of sulfonamides is 1. The van der Waals surface area contributed by atoms with Crippen molar-refractivity contribution in [3.63, 3.8) is 0 Å². The number of hydrogen-bond donors (Lipinski definition) is 0. The van der Waals surface area contributed by atoms with E-state index < -0.39 is 15.4 Å². The fourth-order valence-electron chi connectivity index (χ4n) is 6.33. The van der Waals surface area contributed by atoms with E-state index in [9.17, 15) is 12.8 Å². The predicted molar refractivity (Wildman–Crippen MR) is 150 cm³/mol. The van der Waals surface area contributed by atoms with Crippen LogP contribution in [0.4, 0.5) is 10.2 Å². The fraction of sp³-hybridized carbons (Fsp3) is 0.467. The molecule has 2 aromatic heterocycles. The molecule has 2 aliphatic carbocycles. The molecular formula is C30H34FN5O3S. The molecule has 2 saturated heterocycles. The zero-order valence-corrected chi connectivity index (χ0v) is 23.3. The van der Waals surface area contributed by atoms with Gasteiger partial charge in [-0.2, -0.15) is 9.40 Å². The van der Waals surface area contributed by atoms with Gasteiger partial charge >= 0.3 is 0 Å². The second kappa shape index (κ2) is 10.1. The van der Waals surface area contributed by atoms with Crippen LogP contribution < -0.4 is 4.90 Å². The largest absolute Gasteiger partial charge is 0.380 e. The molecule has 7 rings (SSSR count). The van der Waals surface area contributed by atoms with E-state index >= 15 is 0 Å². The number of ether oxygens (including phenoxy) is 1. The number of rotatable bonds is 8. The molecule has 0 spiro atoms. The summed E-state index contributed by atoms with van der Waals surface area (Å²) in [7, 11) is -3.73. The number of benzene rings is 1. The first-order chi connectivity index (χ1) is 19.4. The first-order valence-corrected chi connectivity index (χ1v) is 15.7. The van der Waals surface area contributed by atoms with Crippen molar-refractivity contribution in [3.8, 4) is 5.69 Å². The number of anilines is 1. The predicted octanol–water partition coefficient (Wildman–Crippen LogP) is 4.45. The summed E-state index contributed by atoms with van der Waals surface area (Å²) >= 11 is 0. The summed E-state index contributed by atoms with van der Waals surface area (Å²) in [6, 6.07) is 9.85. The van der Waals surface area contributed by atoms with E-state index in [1.165, 1.54) is 36.7 Å². The number of hydrogen-bond acceptors (Lipinski definition) is 6. The van der Waals surface area contributed by atoms with Crippen LogP contribution in [0.2, 0.25) is 0 Å². The molecule has 0 bridgehead atoms. The van der Waals surface area contributed by atoms with E-state index in [0.29, 0.717) is 45.1 Å². The summed E-state index contributed by atoms with van der Waals surface area (Å²) < 4.78 is 51.0. The molecular weight excluding hydrogens is 529 g/mol. The average Bonchev–Trinajstić information content (AvgIpc) is 3.45. The van der Waals surface area contributed by atoms with Crippen LogP contribution in [0.5, 0.6) is 0 Å². The van der Waals surface area contributed by atoms with Crippen LogP contribution in [-0.4, -0.2) is 66.9 Å². The zero-order valence-electron chi connectivity index (χ0n) is 22.5. The summed E-state index contributed by atoms with van der Waals surface area (Å²) in [6.45, 7) is 3.85. The van der Waals surface area contributed by atoms with Crippen LogP contribution in [-0.2, 0) is 21.2 Å². The summed E-state index contributed by atoms with van der Waals surface area (Å²) in [4.78, 5) is 6.95. The molecule has 1 atom stereocenters. The topological polar surface area (TPSA) is 80.6 Å². The second-order valence-corrected chi connectivity index (χ2v) is 13.6. The molecule has 0 N–H and O–H groups in total. The Hall–Kier alpha value is -3.08. The summed E-state index contributed by atoms with van der Waals surface area (Å²) in [5.74, 6) is 1.17. The molecule has 210 valence electrons. The van der Waals surface area contributed by atoms with Crippen molar-refractivity contribution in [2.24, 2.45) is 11.3 Å². The Morgan fingerprint density at radius 2 is 1.82 bits per heavy atom. The van der Waals surface area contributed by atoms with Gasteiger partial charge in [-0.1, -0.05) is 5.57 Å². The summed E-state index contributed by atoms with van der Waals surface area (Å²) in [6.07, 6.45) is 11.4. The summed E-state index contributed by atoms with van der Waals surface area (Å²) in [5.41, 5.74) is 3.53. The van der Waals surface area contributed by atoms with Gasteiger partial charge in [-0.05, 0) is 92.5 Å². The van der Waals surface area contributed by atoms with E-state index in [-0.39, 0.29) is 10.7 Å². The molecule has 3 fully saturated rings. The van der Waals surface area contributed by atoms with Crippen LogP contribution >= 0.6 is 0 Å². The Bertz CT molecular complexity index is 1530. The maximum atomic E-state index is 13.9. The van der Waals surface area contributed by atoms with Crippen molar-refractivity contribution in [3.05, 3.63) is 71.4 Å². The lowest BCUT2D eigenvalue weighted by atomic mass is 9.69. The van der Waals surface area contributed by atoms with E-state index in [1.807, 2.05) is 16.9 Å². The van der Waals surface area contributed by atoms with Gasteiger partial charge in [0.25, 0.3) is 0 Å². The lowest BCUT2D eigenvalue weighted by Crippen LogP contribution is -2.51. The normalized spacial score (nSPS) is 23.1. The van der Waals surface area contributed by atoms with Gasteiger partial charge < -0.3 is 9.64 Å². The van der Waals surface area contributed by atoms with E-state index in [4.69, 9.17) is 4.74 Å². The Morgan fingerprint density at radius 1 is 1.02 bits per heavy atom. The van der Waals surface area contributed by atoms with E-state index in [0.717, 1.165) is 48.7 Å². The second-order valence-electron chi connectivity index (χ2n) is 11.7. The van der Waals surface area contributed by atoms with E-state index in [1.54, 1.807) is 22.5 Å². The average molecular weight is 564 g/mol. The summed E-state index contributed by atoms with van der Waals surface area (Å²) in [5, 5.41) is 4.63. The highest BCUT2D eigenvalue weighted by Gasteiger charge is 2.46. The van der Waals surface area contributed by atoms with Crippen molar-refractivity contribution in [2.75, 3.05) is 44.3 Å². The quantitative estimate of drug-likeness (QED) is 0.403. The number of aromatic nitrogens is 3. The molecule has 10 heteroatoms. The van der Waals surface area contributed by atoms with Gasteiger partial charge in [-0.3, -0.25) is 0 Å². The van der Waals surface area contributed by atoms with E-state index in [2.05, 4.69) is 21.1 Å². The third kappa shape index (κ3) is 4.76. The van der Waals surface area contributed by atoms with Gasteiger partial charge in [0.1, 0.15) is 16.5 Å². The first-order valence-electron chi connectivity index (χ1n) is 14.2. The molecule has 4 aliphatic rings. The molecule has 0 amide bonds. The van der Waals surface area contributed by atoms with Crippen LogP contribution in [0.15, 0.2) is 59.3 Å². The minimum absolute atomic E-state index is 0.234. The van der Waals surface area contributed by atoms with Gasteiger partial charge in [-0.25, -0.2) is 22.5 Å². The maximum Gasteiger partial charge on any atom is 0.244 e. The lowest BCUT2D eigenvalue weighted by Gasteiger charge is -2.45. The maximum absolute atomic E-state index is 13.9. The minimum atomic E-state index is -3.73. The molecule has 1 saturated carbocycles. The Balaban J connectivity index is 1.18. The molecule has 1 aromatic carbocycles. The highest BCUT2D eigenvalue weighted by Crippen LogP contribution is 2.46. The SMILES string of the molecule is O=S(=O)(c1ccc(N2CCCC2)nc1)N1CCC2=Cc3c(cnn3-c3ccc(F)cc3)CC2(COCC2CC2)C1. The van der Waals surface area contributed by atoms with Crippen molar-refractivity contribution in [1.29, 1.82) is 0 Å². The van der Waals surface area contributed by atoms with Crippen molar-refractivity contribution in [2.45, 2.75) is 43.4 Å². The number of fused-ring (bicyclic) bond motifs is 2. The van der Waals surface area contributed by atoms with Crippen LogP contribution in [0.1, 0.15) is 43.4 Å². The highest BCUT2D eigenvalue weighted by atomic mass is 32.2. The Labute approximate surface area is 234 Å². The van der Waals surface area contributed by atoms with Crippen LogP contribution in [0.3, 0.4) is 0 Å². The van der Waals surface area contributed by atoms with Crippen molar-refractivity contribution < 1.29 is 17.5 Å². The van der Waals surface area contributed by atoms with Gasteiger partial charge in [-0.15, -0.1) is 0 Å². The fourth-order valence-corrected chi connectivity index (χ4v) is 7.80. The molecule has 3 aromatic rings. The Morgan fingerprint density at radius 3 is 2.55 bits per heavy atom. The number of halogens is 1. The van der Waals surface area contributed by atoms with Crippen LogP contribution in [0.25, 0.3) is 11.8 Å². The minimum Gasteiger partial charge on any atom is -0.380 e. The highest BCUT2D eigenvalue weighted by molar-refractivity contribution is 7.89. The molecule has 40 heavy (non-hydrogen) atoms. The van der Waals surface area contributed by atoms with Gasteiger partial charge in [0.15, 0.2) is 0 Å². The van der Waals surface area contributed by atoms with Crippen LogP contribution in [0, 0.1) is 17.2 Å². The smallest absolute Gasteiger partial charge is 0.244 e.